The Morgan fingerprint density at radius 1 is 1.12 bits per heavy atom. The molecular formula is C15H11O2. The summed E-state index contributed by atoms with van der Waals surface area (Å²) in [7, 11) is 0. The fourth-order valence-electron chi connectivity index (χ4n) is 2.03. The summed E-state index contributed by atoms with van der Waals surface area (Å²) in [6.45, 7) is 3.98. The van der Waals surface area contributed by atoms with Crippen molar-refractivity contribution in [2.24, 2.45) is 0 Å². The normalized spacial score (nSPS) is 11.2. The summed E-state index contributed by atoms with van der Waals surface area (Å²) in [5.74, 6) is 0. The van der Waals surface area contributed by atoms with E-state index in [0.717, 1.165) is 11.1 Å². The van der Waals surface area contributed by atoms with Gasteiger partial charge in [-0.05, 0) is 37.1 Å². The Balaban J connectivity index is 2.64. The zero-order valence-electron chi connectivity index (χ0n) is 9.70. The van der Waals surface area contributed by atoms with Crippen LogP contribution in [0, 0.1) is 19.9 Å². The highest BCUT2D eigenvalue weighted by Crippen LogP contribution is 2.22. The van der Waals surface area contributed by atoms with Crippen LogP contribution in [-0.4, -0.2) is 0 Å². The summed E-state index contributed by atoms with van der Waals surface area (Å²) in [5, 5.41) is 1.23. The van der Waals surface area contributed by atoms with Crippen LogP contribution in [0.2, 0.25) is 0 Å². The van der Waals surface area contributed by atoms with Crippen LogP contribution in [0.5, 0.6) is 0 Å². The summed E-state index contributed by atoms with van der Waals surface area (Å²) in [4.78, 5) is 12.3. The standard InChI is InChI=1S/C15H11O2/c1-9-7-8-12-14(16)11-5-3-4-6-13(11)17-15(12)10(9)2/h3-5,7-8H,1-2H3. The van der Waals surface area contributed by atoms with E-state index < -0.39 is 0 Å². The Hall–Kier alpha value is -2.09. The highest BCUT2D eigenvalue weighted by Gasteiger charge is 2.09. The minimum atomic E-state index is 0.0150. The van der Waals surface area contributed by atoms with Crippen LogP contribution < -0.4 is 5.43 Å². The Kier molecular flexibility index (Phi) is 2.05. The van der Waals surface area contributed by atoms with Gasteiger partial charge in [0.1, 0.15) is 11.2 Å². The average Bonchev–Trinajstić information content (AvgIpc) is 2.35. The Labute approximate surface area is 98.5 Å². The van der Waals surface area contributed by atoms with Gasteiger partial charge in [-0.2, -0.15) is 0 Å². The molecule has 1 heterocycles. The number of rotatable bonds is 0. The minimum absolute atomic E-state index is 0.0150. The van der Waals surface area contributed by atoms with Gasteiger partial charge in [0.2, 0.25) is 5.43 Å². The van der Waals surface area contributed by atoms with Crippen LogP contribution in [0.25, 0.3) is 21.9 Å². The van der Waals surface area contributed by atoms with Crippen molar-refractivity contribution in [3.05, 3.63) is 57.7 Å². The number of fused-ring (bicyclic) bond motifs is 2. The quantitative estimate of drug-likeness (QED) is 0.547. The summed E-state index contributed by atoms with van der Waals surface area (Å²) in [6, 6.07) is 12.1. The van der Waals surface area contributed by atoms with Crippen molar-refractivity contribution in [2.45, 2.75) is 13.8 Å². The number of benzene rings is 2. The van der Waals surface area contributed by atoms with Crippen molar-refractivity contribution in [1.82, 2.24) is 0 Å². The highest BCUT2D eigenvalue weighted by atomic mass is 16.3. The molecule has 0 atom stereocenters. The van der Waals surface area contributed by atoms with Crippen molar-refractivity contribution in [3.8, 4) is 0 Å². The third kappa shape index (κ3) is 1.37. The predicted octanol–water partition coefficient (Wildman–Crippen LogP) is 3.36. The number of hydrogen-bond acceptors (Lipinski definition) is 2. The van der Waals surface area contributed by atoms with E-state index in [-0.39, 0.29) is 5.43 Å². The lowest BCUT2D eigenvalue weighted by molar-refractivity contribution is 0.655. The van der Waals surface area contributed by atoms with Crippen molar-refractivity contribution in [1.29, 1.82) is 0 Å². The van der Waals surface area contributed by atoms with E-state index in [1.807, 2.05) is 26.0 Å². The molecule has 0 aliphatic carbocycles. The number of hydrogen-bond donors (Lipinski definition) is 0. The van der Waals surface area contributed by atoms with Crippen molar-refractivity contribution in [2.75, 3.05) is 0 Å². The second kappa shape index (κ2) is 3.45. The van der Waals surface area contributed by atoms with Crippen molar-refractivity contribution < 1.29 is 4.42 Å². The van der Waals surface area contributed by atoms with E-state index in [0.29, 0.717) is 21.9 Å². The van der Waals surface area contributed by atoms with Crippen molar-refractivity contribution >= 4 is 21.9 Å². The molecule has 1 aromatic heterocycles. The van der Waals surface area contributed by atoms with E-state index in [1.54, 1.807) is 18.2 Å². The van der Waals surface area contributed by atoms with Gasteiger partial charge in [-0.1, -0.05) is 18.2 Å². The molecule has 0 saturated carbocycles. The SMILES string of the molecule is Cc1ccc2c(=O)c3ccc[c]c3oc2c1C. The van der Waals surface area contributed by atoms with Crippen LogP contribution in [0.4, 0.5) is 0 Å². The maximum absolute atomic E-state index is 12.3. The molecule has 3 rings (SSSR count). The molecule has 2 heteroatoms. The van der Waals surface area contributed by atoms with E-state index in [9.17, 15) is 4.79 Å². The van der Waals surface area contributed by atoms with Gasteiger partial charge in [-0.3, -0.25) is 4.79 Å². The van der Waals surface area contributed by atoms with E-state index in [1.165, 1.54) is 0 Å². The molecule has 1 radical (unpaired) electrons. The molecule has 0 aliphatic rings. The van der Waals surface area contributed by atoms with Crippen LogP contribution in [0.15, 0.2) is 39.5 Å². The molecule has 0 aliphatic heterocycles. The number of aryl methyl sites for hydroxylation is 2. The summed E-state index contributed by atoms with van der Waals surface area (Å²) in [6.07, 6.45) is 0. The molecule has 0 amide bonds. The molecule has 2 nitrogen and oxygen atoms in total. The van der Waals surface area contributed by atoms with Gasteiger partial charge in [0.25, 0.3) is 0 Å². The molecule has 17 heavy (non-hydrogen) atoms. The first-order valence-corrected chi connectivity index (χ1v) is 5.52. The fraction of sp³-hybridized carbons (Fsp3) is 0.133. The predicted molar refractivity (Wildman–Crippen MR) is 68.3 cm³/mol. The lowest BCUT2D eigenvalue weighted by Crippen LogP contribution is -2.03. The Morgan fingerprint density at radius 2 is 1.94 bits per heavy atom. The summed E-state index contributed by atoms with van der Waals surface area (Å²) >= 11 is 0. The zero-order chi connectivity index (χ0) is 12.0. The molecule has 0 saturated heterocycles. The lowest BCUT2D eigenvalue weighted by atomic mass is 10.0. The first-order chi connectivity index (χ1) is 8.18. The second-order valence-corrected chi connectivity index (χ2v) is 4.23. The van der Waals surface area contributed by atoms with E-state index in [2.05, 4.69) is 6.07 Å². The second-order valence-electron chi connectivity index (χ2n) is 4.23. The topological polar surface area (TPSA) is 30.2 Å². The van der Waals surface area contributed by atoms with Crippen LogP contribution >= 0.6 is 0 Å². The molecule has 83 valence electrons. The van der Waals surface area contributed by atoms with Crippen LogP contribution in [-0.2, 0) is 0 Å². The van der Waals surface area contributed by atoms with Gasteiger partial charge in [-0.15, -0.1) is 0 Å². The van der Waals surface area contributed by atoms with Gasteiger partial charge in [0, 0.05) is 6.07 Å². The molecule has 0 spiro atoms. The molecular weight excluding hydrogens is 212 g/mol. The maximum Gasteiger partial charge on any atom is 0.200 e. The van der Waals surface area contributed by atoms with E-state index in [4.69, 9.17) is 4.42 Å². The lowest BCUT2D eigenvalue weighted by Gasteiger charge is -2.05. The van der Waals surface area contributed by atoms with Crippen LogP contribution in [0.1, 0.15) is 11.1 Å². The van der Waals surface area contributed by atoms with Gasteiger partial charge < -0.3 is 4.42 Å². The molecule has 2 aromatic carbocycles. The van der Waals surface area contributed by atoms with Gasteiger partial charge in [0.15, 0.2) is 0 Å². The van der Waals surface area contributed by atoms with Gasteiger partial charge >= 0.3 is 0 Å². The van der Waals surface area contributed by atoms with E-state index >= 15 is 0 Å². The molecule has 0 unspecified atom stereocenters. The Bertz CT molecular complexity index is 782. The number of para-hydroxylation sites is 1. The van der Waals surface area contributed by atoms with Gasteiger partial charge in [0.05, 0.1) is 10.8 Å². The summed E-state index contributed by atoms with van der Waals surface area (Å²) < 4.78 is 5.78. The zero-order valence-corrected chi connectivity index (χ0v) is 9.70. The largest absolute Gasteiger partial charge is 0.455 e. The highest BCUT2D eigenvalue weighted by molar-refractivity contribution is 5.91. The van der Waals surface area contributed by atoms with Crippen molar-refractivity contribution in [3.63, 3.8) is 0 Å². The third-order valence-corrected chi connectivity index (χ3v) is 3.19. The smallest absolute Gasteiger partial charge is 0.200 e. The molecule has 0 fully saturated rings. The minimum Gasteiger partial charge on any atom is -0.455 e. The molecule has 3 aromatic rings. The summed E-state index contributed by atoms with van der Waals surface area (Å²) in [5.41, 5.74) is 3.35. The first-order valence-electron chi connectivity index (χ1n) is 5.52. The third-order valence-electron chi connectivity index (χ3n) is 3.19. The monoisotopic (exact) mass is 223 g/mol. The molecule has 0 N–H and O–H groups in total. The fourth-order valence-corrected chi connectivity index (χ4v) is 2.03. The molecule has 0 bridgehead atoms. The Morgan fingerprint density at radius 3 is 2.76 bits per heavy atom. The maximum atomic E-state index is 12.3. The van der Waals surface area contributed by atoms with Crippen LogP contribution in [0.3, 0.4) is 0 Å². The first kappa shape index (κ1) is 10.1. The van der Waals surface area contributed by atoms with Gasteiger partial charge in [-0.25, -0.2) is 0 Å². The average molecular weight is 223 g/mol.